The Balaban J connectivity index is 1.72. The Morgan fingerprint density at radius 1 is 1.00 bits per heavy atom. The first-order chi connectivity index (χ1) is 15.0. The van der Waals surface area contributed by atoms with Crippen molar-refractivity contribution in [1.29, 1.82) is 0 Å². The molecule has 3 rings (SSSR count). The van der Waals surface area contributed by atoms with E-state index in [1.54, 1.807) is 38.3 Å². The number of halogens is 2. The largest absolute Gasteiger partial charge is 0.493 e. The number of methoxy groups -OCH3 is 1. The lowest BCUT2D eigenvalue weighted by Crippen LogP contribution is -2.06. The molecule has 31 heavy (non-hydrogen) atoms. The van der Waals surface area contributed by atoms with Crippen molar-refractivity contribution >= 4 is 34.9 Å². The van der Waals surface area contributed by atoms with E-state index in [4.69, 9.17) is 37.4 Å². The molecule has 7 heteroatoms. The van der Waals surface area contributed by atoms with E-state index in [0.717, 1.165) is 16.8 Å². The van der Waals surface area contributed by atoms with E-state index >= 15 is 0 Å². The molecule has 0 bridgehead atoms. The van der Waals surface area contributed by atoms with Gasteiger partial charge in [-0.15, -0.1) is 0 Å². The predicted octanol–water partition coefficient (Wildman–Crippen LogP) is 6.37. The number of esters is 1. The van der Waals surface area contributed by atoms with Gasteiger partial charge in [0.05, 0.1) is 19.3 Å². The van der Waals surface area contributed by atoms with Crippen LogP contribution in [0.5, 0.6) is 11.5 Å². The smallest absolute Gasteiger partial charge is 0.338 e. The fourth-order valence-electron chi connectivity index (χ4n) is 2.95. The number of rotatable bonds is 9. The van der Waals surface area contributed by atoms with Gasteiger partial charge in [0, 0.05) is 33.4 Å². The van der Waals surface area contributed by atoms with Crippen LogP contribution in [-0.2, 0) is 17.9 Å². The summed E-state index contributed by atoms with van der Waals surface area (Å²) in [6.45, 7) is 2.90. The van der Waals surface area contributed by atoms with Crippen molar-refractivity contribution in [2.45, 2.75) is 20.1 Å². The zero-order valence-electron chi connectivity index (χ0n) is 17.3. The molecule has 0 atom stereocenters. The maximum atomic E-state index is 11.8. The summed E-state index contributed by atoms with van der Waals surface area (Å²) < 4.78 is 16.6. The molecule has 0 amide bonds. The van der Waals surface area contributed by atoms with Crippen LogP contribution in [-0.4, -0.2) is 19.7 Å². The normalized spacial score (nSPS) is 10.5. The summed E-state index contributed by atoms with van der Waals surface area (Å²) in [5.74, 6) is 0.923. The lowest BCUT2D eigenvalue weighted by atomic mass is 10.1. The molecule has 5 nitrogen and oxygen atoms in total. The first kappa shape index (κ1) is 22.8. The number of hydrogen-bond acceptors (Lipinski definition) is 5. The molecule has 0 aromatic heterocycles. The van der Waals surface area contributed by atoms with Crippen molar-refractivity contribution in [2.75, 3.05) is 19.0 Å². The van der Waals surface area contributed by atoms with Crippen LogP contribution in [0.4, 0.5) is 5.69 Å². The van der Waals surface area contributed by atoms with Gasteiger partial charge in [-0.1, -0.05) is 41.4 Å². The molecule has 0 saturated carbocycles. The number of carbonyl (C=O) groups is 1. The monoisotopic (exact) mass is 459 g/mol. The minimum atomic E-state index is -0.335. The highest BCUT2D eigenvalue weighted by Gasteiger charge is 2.13. The first-order valence-corrected chi connectivity index (χ1v) is 10.5. The molecule has 0 aliphatic heterocycles. The van der Waals surface area contributed by atoms with Crippen LogP contribution >= 0.6 is 23.2 Å². The topological polar surface area (TPSA) is 56.8 Å². The Bertz CT molecular complexity index is 1040. The first-order valence-electron chi connectivity index (χ1n) is 9.75. The number of para-hydroxylation sites is 1. The molecule has 0 spiro atoms. The van der Waals surface area contributed by atoms with Crippen LogP contribution in [0, 0.1) is 0 Å². The summed E-state index contributed by atoms with van der Waals surface area (Å²) in [4.78, 5) is 11.8. The Morgan fingerprint density at radius 3 is 2.45 bits per heavy atom. The summed E-state index contributed by atoms with van der Waals surface area (Å²) in [6, 6.07) is 18.1. The third-order valence-electron chi connectivity index (χ3n) is 4.55. The number of hydrogen-bond donors (Lipinski definition) is 1. The third kappa shape index (κ3) is 6.06. The van der Waals surface area contributed by atoms with Crippen molar-refractivity contribution in [3.63, 3.8) is 0 Å². The summed E-state index contributed by atoms with van der Waals surface area (Å²) in [7, 11) is 1.60. The lowest BCUT2D eigenvalue weighted by molar-refractivity contribution is 0.0526. The molecule has 0 radical (unpaired) electrons. The van der Waals surface area contributed by atoms with Gasteiger partial charge in [-0.3, -0.25) is 0 Å². The predicted molar refractivity (Wildman–Crippen MR) is 124 cm³/mol. The molecule has 0 aliphatic carbocycles. The van der Waals surface area contributed by atoms with Gasteiger partial charge < -0.3 is 19.5 Å². The number of carbonyl (C=O) groups excluding carboxylic acids is 1. The second-order valence-corrected chi connectivity index (χ2v) is 7.47. The highest BCUT2D eigenvalue weighted by atomic mass is 35.5. The van der Waals surface area contributed by atoms with Crippen LogP contribution in [0.15, 0.2) is 60.7 Å². The van der Waals surface area contributed by atoms with E-state index in [-0.39, 0.29) is 12.6 Å². The maximum absolute atomic E-state index is 11.8. The summed E-state index contributed by atoms with van der Waals surface area (Å²) in [5.41, 5.74) is 3.12. The van der Waals surface area contributed by atoms with Crippen LogP contribution < -0.4 is 14.8 Å². The van der Waals surface area contributed by atoms with Crippen molar-refractivity contribution in [1.82, 2.24) is 0 Å². The molecule has 3 aromatic rings. The summed E-state index contributed by atoms with van der Waals surface area (Å²) in [6.07, 6.45) is 0. The SMILES string of the molecule is CCOC(=O)c1ccc(NCc2cccc(OC)c2OCc2ccc(Cl)cc2Cl)cc1. The van der Waals surface area contributed by atoms with E-state index in [2.05, 4.69) is 5.32 Å². The Labute approximate surface area is 191 Å². The van der Waals surface area contributed by atoms with Crippen molar-refractivity contribution < 1.29 is 19.0 Å². The molecule has 162 valence electrons. The Kier molecular flexibility index (Phi) is 8.04. The molecule has 1 N–H and O–H groups in total. The quantitative estimate of drug-likeness (QED) is 0.376. The summed E-state index contributed by atoms with van der Waals surface area (Å²) >= 11 is 12.2. The third-order valence-corrected chi connectivity index (χ3v) is 5.13. The average molecular weight is 460 g/mol. The number of ether oxygens (including phenoxy) is 3. The van der Waals surface area contributed by atoms with Crippen LogP contribution in [0.3, 0.4) is 0 Å². The van der Waals surface area contributed by atoms with Gasteiger partial charge in [-0.05, 0) is 49.4 Å². The van der Waals surface area contributed by atoms with Gasteiger partial charge in [-0.2, -0.15) is 0 Å². The summed E-state index contributed by atoms with van der Waals surface area (Å²) in [5, 5.41) is 4.46. The highest BCUT2D eigenvalue weighted by Crippen LogP contribution is 2.33. The van der Waals surface area contributed by atoms with Crippen molar-refractivity contribution in [2.24, 2.45) is 0 Å². The molecule has 3 aromatic carbocycles. The standard InChI is InChI=1S/C24H23Cl2NO4/c1-3-30-24(28)16-8-11-20(12-9-16)27-14-17-5-4-6-22(29-2)23(17)31-15-18-7-10-19(25)13-21(18)26/h4-13,27H,3,14-15H2,1-2H3. The van der Waals surface area contributed by atoms with Gasteiger partial charge in [-0.25, -0.2) is 4.79 Å². The number of nitrogens with one attached hydrogen (secondary N) is 1. The van der Waals surface area contributed by atoms with Crippen LogP contribution in [0.25, 0.3) is 0 Å². The molecule has 0 heterocycles. The lowest BCUT2D eigenvalue weighted by Gasteiger charge is -2.16. The number of anilines is 1. The average Bonchev–Trinajstić information content (AvgIpc) is 2.77. The Hall–Kier alpha value is -2.89. The second kappa shape index (κ2) is 10.9. The Morgan fingerprint density at radius 2 is 1.77 bits per heavy atom. The highest BCUT2D eigenvalue weighted by molar-refractivity contribution is 6.35. The molecular weight excluding hydrogens is 437 g/mol. The van der Waals surface area contributed by atoms with Gasteiger partial charge in [0.25, 0.3) is 0 Å². The van der Waals surface area contributed by atoms with Gasteiger partial charge in [0.1, 0.15) is 6.61 Å². The fraction of sp³-hybridized carbons (Fsp3) is 0.208. The molecule has 0 aliphatic rings. The van der Waals surface area contributed by atoms with E-state index in [0.29, 0.717) is 40.3 Å². The molecule has 0 fully saturated rings. The van der Waals surface area contributed by atoms with Crippen LogP contribution in [0.1, 0.15) is 28.4 Å². The van der Waals surface area contributed by atoms with Gasteiger partial charge in [0.15, 0.2) is 11.5 Å². The van der Waals surface area contributed by atoms with E-state index in [1.807, 2.05) is 36.4 Å². The zero-order valence-corrected chi connectivity index (χ0v) is 18.8. The maximum Gasteiger partial charge on any atom is 0.338 e. The van der Waals surface area contributed by atoms with E-state index < -0.39 is 0 Å². The van der Waals surface area contributed by atoms with Crippen LogP contribution in [0.2, 0.25) is 10.0 Å². The fourth-order valence-corrected chi connectivity index (χ4v) is 3.41. The molecular formula is C24H23Cl2NO4. The number of benzene rings is 3. The minimum absolute atomic E-state index is 0.275. The van der Waals surface area contributed by atoms with Gasteiger partial charge in [0.2, 0.25) is 0 Å². The molecule has 0 unspecified atom stereocenters. The zero-order chi connectivity index (χ0) is 22.2. The van der Waals surface area contributed by atoms with Gasteiger partial charge >= 0.3 is 5.97 Å². The minimum Gasteiger partial charge on any atom is -0.493 e. The van der Waals surface area contributed by atoms with E-state index in [9.17, 15) is 4.79 Å². The van der Waals surface area contributed by atoms with Crippen molar-refractivity contribution in [3.8, 4) is 11.5 Å². The second-order valence-electron chi connectivity index (χ2n) is 6.62. The van der Waals surface area contributed by atoms with Crippen molar-refractivity contribution in [3.05, 3.63) is 87.4 Å². The van der Waals surface area contributed by atoms with E-state index in [1.165, 1.54) is 0 Å². The molecule has 0 saturated heterocycles.